The summed E-state index contributed by atoms with van der Waals surface area (Å²) in [6.45, 7) is 3.97. The van der Waals surface area contributed by atoms with Gasteiger partial charge >= 0.3 is 6.18 Å². The first-order chi connectivity index (χ1) is 10.4. The number of nitrogens with zero attached hydrogens (tertiary/aromatic N) is 5. The molecule has 7 nitrogen and oxygen atoms in total. The van der Waals surface area contributed by atoms with Crippen LogP contribution in [0.15, 0.2) is 12.4 Å². The van der Waals surface area contributed by atoms with Crippen LogP contribution in [0.4, 0.5) is 19.0 Å². The number of fused-ring (bicyclic) bond motifs is 1. The van der Waals surface area contributed by atoms with E-state index in [-0.39, 0.29) is 11.6 Å². The Labute approximate surface area is 122 Å². The maximum absolute atomic E-state index is 12.9. The van der Waals surface area contributed by atoms with E-state index in [2.05, 4.69) is 30.6 Å². The molecule has 3 aromatic heterocycles. The molecule has 3 heterocycles. The monoisotopic (exact) mass is 311 g/mol. The first-order valence-electron chi connectivity index (χ1n) is 6.38. The Balaban J connectivity index is 1.97. The van der Waals surface area contributed by atoms with Gasteiger partial charge in [0.05, 0.1) is 5.69 Å². The lowest BCUT2D eigenvalue weighted by Crippen LogP contribution is -2.13. The van der Waals surface area contributed by atoms with Crippen LogP contribution in [-0.4, -0.2) is 29.8 Å². The minimum Gasteiger partial charge on any atom is -0.366 e. The van der Waals surface area contributed by atoms with Crippen molar-refractivity contribution in [1.29, 1.82) is 0 Å². The Morgan fingerprint density at radius 1 is 1.32 bits per heavy atom. The van der Waals surface area contributed by atoms with Crippen LogP contribution in [0.25, 0.3) is 5.78 Å². The fourth-order valence-electron chi connectivity index (χ4n) is 2.10. The van der Waals surface area contributed by atoms with Gasteiger partial charge in [-0.15, -0.1) is 0 Å². The fourth-order valence-corrected chi connectivity index (χ4v) is 2.10. The third kappa shape index (κ3) is 2.47. The molecule has 0 bridgehead atoms. The molecule has 3 aromatic rings. The van der Waals surface area contributed by atoms with E-state index < -0.39 is 11.9 Å². The first kappa shape index (κ1) is 14.3. The molecule has 0 saturated carbocycles. The van der Waals surface area contributed by atoms with Crippen molar-refractivity contribution < 1.29 is 13.2 Å². The molecular formula is C12H12F3N7. The van der Waals surface area contributed by atoms with Gasteiger partial charge < -0.3 is 5.32 Å². The second-order valence-electron chi connectivity index (χ2n) is 4.76. The van der Waals surface area contributed by atoms with Gasteiger partial charge in [-0.25, -0.2) is 4.98 Å². The SMILES string of the molecule is Cc1n[nH]c(C)c1CNc1cc(C(F)(F)F)nc2ncnn12. The zero-order valence-electron chi connectivity index (χ0n) is 11.7. The van der Waals surface area contributed by atoms with Gasteiger partial charge in [-0.2, -0.15) is 32.9 Å². The second-order valence-corrected chi connectivity index (χ2v) is 4.76. The summed E-state index contributed by atoms with van der Waals surface area (Å²) in [4.78, 5) is 7.17. The van der Waals surface area contributed by atoms with E-state index in [0.717, 1.165) is 29.3 Å². The number of hydrogen-bond acceptors (Lipinski definition) is 5. The Bertz CT molecular complexity index is 798. The van der Waals surface area contributed by atoms with Gasteiger partial charge in [-0.1, -0.05) is 0 Å². The van der Waals surface area contributed by atoms with Crippen molar-refractivity contribution >= 4 is 11.6 Å². The maximum atomic E-state index is 12.9. The van der Waals surface area contributed by atoms with E-state index in [9.17, 15) is 13.2 Å². The van der Waals surface area contributed by atoms with Gasteiger partial charge in [-0.05, 0) is 13.8 Å². The lowest BCUT2D eigenvalue weighted by atomic mass is 10.2. The molecule has 0 radical (unpaired) electrons. The van der Waals surface area contributed by atoms with Gasteiger partial charge in [0.2, 0.25) is 0 Å². The van der Waals surface area contributed by atoms with Gasteiger partial charge in [0.25, 0.3) is 5.78 Å². The molecule has 0 atom stereocenters. The summed E-state index contributed by atoms with van der Waals surface area (Å²) in [5, 5.41) is 13.7. The molecule has 0 unspecified atom stereocenters. The molecule has 22 heavy (non-hydrogen) atoms. The van der Waals surface area contributed by atoms with Crippen molar-refractivity contribution in [2.24, 2.45) is 0 Å². The molecule has 2 N–H and O–H groups in total. The molecular weight excluding hydrogens is 299 g/mol. The highest BCUT2D eigenvalue weighted by Crippen LogP contribution is 2.29. The number of aromatic amines is 1. The van der Waals surface area contributed by atoms with Crippen LogP contribution < -0.4 is 5.32 Å². The number of halogens is 3. The first-order valence-corrected chi connectivity index (χ1v) is 6.38. The van der Waals surface area contributed by atoms with Crippen LogP contribution in [0.1, 0.15) is 22.6 Å². The number of hydrogen-bond donors (Lipinski definition) is 2. The fraction of sp³-hybridized carbons (Fsp3) is 0.333. The summed E-state index contributed by atoms with van der Waals surface area (Å²) >= 11 is 0. The Kier molecular flexibility index (Phi) is 3.23. The van der Waals surface area contributed by atoms with Gasteiger partial charge in [0.1, 0.15) is 12.1 Å². The minimum atomic E-state index is -4.55. The summed E-state index contributed by atoms with van der Waals surface area (Å²) in [6, 6.07) is 0.909. The number of aromatic nitrogens is 6. The number of H-pyrrole nitrogens is 1. The standard InChI is InChI=1S/C12H12F3N7/c1-6-8(7(2)21-20-6)4-16-10-3-9(12(13,14)15)19-11-17-5-18-22(10)11/h3,5,16H,4H2,1-2H3,(H,20,21). The molecule has 0 saturated heterocycles. The number of anilines is 1. The van der Waals surface area contributed by atoms with E-state index in [4.69, 9.17) is 0 Å². The Morgan fingerprint density at radius 3 is 2.73 bits per heavy atom. The van der Waals surface area contributed by atoms with Gasteiger partial charge in [0, 0.05) is 23.9 Å². The lowest BCUT2D eigenvalue weighted by Gasteiger charge is -2.11. The van der Waals surface area contributed by atoms with Crippen LogP contribution in [-0.2, 0) is 12.7 Å². The number of aryl methyl sites for hydroxylation is 2. The molecule has 0 aliphatic carbocycles. The predicted molar refractivity (Wildman–Crippen MR) is 71.2 cm³/mol. The maximum Gasteiger partial charge on any atom is 0.433 e. The van der Waals surface area contributed by atoms with Crippen LogP contribution in [0.5, 0.6) is 0 Å². The Morgan fingerprint density at radius 2 is 2.09 bits per heavy atom. The quantitative estimate of drug-likeness (QED) is 0.774. The zero-order valence-corrected chi connectivity index (χ0v) is 11.7. The average Bonchev–Trinajstić information content (AvgIpc) is 3.03. The summed E-state index contributed by atoms with van der Waals surface area (Å²) in [5.74, 6) is 0.0489. The van der Waals surface area contributed by atoms with E-state index in [0.29, 0.717) is 6.54 Å². The third-order valence-electron chi connectivity index (χ3n) is 3.27. The third-order valence-corrected chi connectivity index (χ3v) is 3.27. The molecule has 3 rings (SSSR count). The predicted octanol–water partition coefficient (Wildman–Crippen LogP) is 2.10. The number of rotatable bonds is 3. The highest BCUT2D eigenvalue weighted by atomic mass is 19.4. The largest absolute Gasteiger partial charge is 0.433 e. The minimum absolute atomic E-state index is 0.113. The average molecular weight is 311 g/mol. The van der Waals surface area contributed by atoms with Crippen molar-refractivity contribution in [2.75, 3.05) is 5.32 Å². The van der Waals surface area contributed by atoms with E-state index in [1.165, 1.54) is 4.52 Å². The highest BCUT2D eigenvalue weighted by Gasteiger charge is 2.34. The smallest absolute Gasteiger partial charge is 0.366 e. The van der Waals surface area contributed by atoms with Crippen molar-refractivity contribution in [3.63, 3.8) is 0 Å². The van der Waals surface area contributed by atoms with Crippen LogP contribution in [0.2, 0.25) is 0 Å². The van der Waals surface area contributed by atoms with Crippen molar-refractivity contribution in [3.8, 4) is 0 Å². The Hall–Kier alpha value is -2.65. The summed E-state index contributed by atoms with van der Waals surface area (Å²) < 4.78 is 39.9. The summed E-state index contributed by atoms with van der Waals surface area (Å²) in [6.07, 6.45) is -3.40. The molecule has 0 spiro atoms. The van der Waals surface area contributed by atoms with E-state index in [1.807, 2.05) is 13.8 Å². The molecule has 0 fully saturated rings. The van der Waals surface area contributed by atoms with Crippen LogP contribution in [0.3, 0.4) is 0 Å². The molecule has 0 aliphatic rings. The van der Waals surface area contributed by atoms with Crippen molar-refractivity contribution in [1.82, 2.24) is 29.8 Å². The van der Waals surface area contributed by atoms with Gasteiger partial charge in [-0.3, -0.25) is 5.10 Å². The molecule has 0 aliphatic heterocycles. The van der Waals surface area contributed by atoms with Crippen LogP contribution in [0, 0.1) is 13.8 Å². The number of alkyl halides is 3. The normalized spacial score (nSPS) is 12.0. The van der Waals surface area contributed by atoms with Crippen molar-refractivity contribution in [2.45, 2.75) is 26.6 Å². The summed E-state index contributed by atoms with van der Waals surface area (Å²) in [7, 11) is 0. The highest BCUT2D eigenvalue weighted by molar-refractivity contribution is 5.46. The lowest BCUT2D eigenvalue weighted by molar-refractivity contribution is -0.141. The molecule has 0 aromatic carbocycles. The number of nitrogens with one attached hydrogen (secondary N) is 2. The zero-order chi connectivity index (χ0) is 15.9. The molecule has 116 valence electrons. The summed E-state index contributed by atoms with van der Waals surface area (Å²) in [5.41, 5.74) is 1.50. The molecule has 10 heteroatoms. The topological polar surface area (TPSA) is 83.8 Å². The van der Waals surface area contributed by atoms with E-state index >= 15 is 0 Å². The van der Waals surface area contributed by atoms with Crippen LogP contribution >= 0.6 is 0 Å². The van der Waals surface area contributed by atoms with Gasteiger partial charge in [0.15, 0.2) is 5.69 Å². The second kappa shape index (κ2) is 4.97. The molecule has 0 amide bonds. The van der Waals surface area contributed by atoms with E-state index in [1.54, 1.807) is 0 Å². The van der Waals surface area contributed by atoms with Crippen molar-refractivity contribution in [3.05, 3.63) is 35.0 Å².